The molecule has 0 radical (unpaired) electrons. The van der Waals surface area contributed by atoms with E-state index < -0.39 is 10.1 Å². The third-order valence-electron chi connectivity index (χ3n) is 3.94. The second kappa shape index (κ2) is 9.58. The van der Waals surface area contributed by atoms with Crippen molar-refractivity contribution in [3.8, 4) is 5.75 Å². The lowest BCUT2D eigenvalue weighted by Crippen LogP contribution is -2.35. The van der Waals surface area contributed by atoms with E-state index in [1.807, 2.05) is 11.0 Å². The molecule has 27 heavy (non-hydrogen) atoms. The van der Waals surface area contributed by atoms with Gasteiger partial charge in [0.25, 0.3) is 0 Å². The quantitative estimate of drug-likeness (QED) is 0.577. The Bertz CT molecular complexity index is 720. The first-order chi connectivity index (χ1) is 12.2. The Morgan fingerprint density at radius 2 is 1.81 bits per heavy atom. The summed E-state index contributed by atoms with van der Waals surface area (Å²) in [7, 11) is -3.57. The average molecular weight is 398 g/mol. The first kappa shape index (κ1) is 23.5. The number of carbonyl (C=O) groups excluding carboxylic acids is 1. The van der Waals surface area contributed by atoms with Crippen molar-refractivity contribution in [2.45, 2.75) is 60.9 Å². The van der Waals surface area contributed by atoms with E-state index in [0.29, 0.717) is 31.3 Å². The molecular formula is C21H35NO4S. The van der Waals surface area contributed by atoms with Gasteiger partial charge in [0.15, 0.2) is 0 Å². The minimum atomic E-state index is -3.57. The molecule has 154 valence electrons. The van der Waals surface area contributed by atoms with E-state index in [9.17, 15) is 13.2 Å². The summed E-state index contributed by atoms with van der Waals surface area (Å²) in [5.41, 5.74) is 1.05. The minimum Gasteiger partial charge on any atom is -0.383 e. The molecule has 6 heteroatoms. The predicted octanol–water partition coefficient (Wildman–Crippen LogP) is 4.47. The van der Waals surface area contributed by atoms with E-state index in [4.69, 9.17) is 4.18 Å². The molecule has 0 heterocycles. The van der Waals surface area contributed by atoms with Gasteiger partial charge in [0.1, 0.15) is 5.75 Å². The van der Waals surface area contributed by atoms with Gasteiger partial charge in [0.2, 0.25) is 5.91 Å². The van der Waals surface area contributed by atoms with Gasteiger partial charge >= 0.3 is 10.1 Å². The number of hydrogen-bond acceptors (Lipinski definition) is 4. The van der Waals surface area contributed by atoms with Gasteiger partial charge in [0.05, 0.1) is 6.26 Å². The lowest BCUT2D eigenvalue weighted by molar-refractivity contribution is -0.133. The first-order valence-corrected chi connectivity index (χ1v) is 11.3. The number of hydrogen-bond donors (Lipinski definition) is 0. The van der Waals surface area contributed by atoms with Crippen LogP contribution in [-0.4, -0.2) is 32.0 Å². The summed E-state index contributed by atoms with van der Waals surface area (Å²) in [6, 6.07) is 6.91. The molecule has 0 saturated heterocycles. The molecule has 0 aliphatic heterocycles. The molecule has 0 spiro atoms. The summed E-state index contributed by atoms with van der Waals surface area (Å²) < 4.78 is 27.6. The highest BCUT2D eigenvalue weighted by Gasteiger charge is 2.22. The Morgan fingerprint density at radius 1 is 1.19 bits per heavy atom. The fourth-order valence-corrected chi connectivity index (χ4v) is 3.78. The summed E-state index contributed by atoms with van der Waals surface area (Å²) in [5.74, 6) is 1.07. The topological polar surface area (TPSA) is 63.7 Å². The molecule has 0 aliphatic rings. The molecule has 1 aromatic carbocycles. The Morgan fingerprint density at radius 3 is 2.33 bits per heavy atom. The van der Waals surface area contributed by atoms with Crippen LogP contribution in [0.3, 0.4) is 0 Å². The highest BCUT2D eigenvalue weighted by atomic mass is 32.2. The van der Waals surface area contributed by atoms with Crippen LogP contribution in [0.25, 0.3) is 0 Å². The fraction of sp³-hybridized carbons (Fsp3) is 0.667. The van der Waals surface area contributed by atoms with E-state index in [1.54, 1.807) is 18.2 Å². The zero-order valence-electron chi connectivity index (χ0n) is 17.8. The number of benzene rings is 1. The maximum atomic E-state index is 12.9. The van der Waals surface area contributed by atoms with Crippen molar-refractivity contribution >= 4 is 16.0 Å². The van der Waals surface area contributed by atoms with E-state index >= 15 is 0 Å². The lowest BCUT2D eigenvalue weighted by atomic mass is 9.84. The van der Waals surface area contributed by atoms with E-state index in [1.165, 1.54) is 0 Å². The van der Waals surface area contributed by atoms with Crippen LogP contribution in [0.15, 0.2) is 24.3 Å². The summed E-state index contributed by atoms with van der Waals surface area (Å²) in [6.45, 7) is 14.0. The summed E-state index contributed by atoms with van der Waals surface area (Å²) in [4.78, 5) is 14.8. The number of amides is 1. The number of nitrogens with zero attached hydrogens (tertiary/aromatic N) is 1. The Labute approximate surface area is 165 Å². The second-order valence-corrected chi connectivity index (χ2v) is 10.8. The molecule has 0 aromatic heterocycles. The zero-order valence-corrected chi connectivity index (χ0v) is 18.6. The van der Waals surface area contributed by atoms with Crippen molar-refractivity contribution < 1.29 is 17.4 Å². The minimum absolute atomic E-state index is 0.134. The number of carbonyl (C=O) groups is 1. The van der Waals surface area contributed by atoms with Gasteiger partial charge in [-0.15, -0.1) is 0 Å². The van der Waals surface area contributed by atoms with Gasteiger partial charge in [0, 0.05) is 19.5 Å². The maximum absolute atomic E-state index is 12.9. The molecule has 0 fully saturated rings. The average Bonchev–Trinajstić information content (AvgIpc) is 2.42. The van der Waals surface area contributed by atoms with E-state index in [-0.39, 0.29) is 17.1 Å². The first-order valence-electron chi connectivity index (χ1n) is 9.51. The summed E-state index contributed by atoms with van der Waals surface area (Å²) in [5, 5.41) is 0. The Hall–Kier alpha value is -1.56. The van der Waals surface area contributed by atoms with Gasteiger partial charge in [-0.2, -0.15) is 8.42 Å². The van der Waals surface area contributed by atoms with Crippen LogP contribution in [0.1, 0.15) is 59.9 Å². The highest BCUT2D eigenvalue weighted by Crippen LogP contribution is 2.27. The van der Waals surface area contributed by atoms with Crippen molar-refractivity contribution in [2.75, 3.05) is 12.8 Å². The van der Waals surface area contributed by atoms with Crippen molar-refractivity contribution in [3.63, 3.8) is 0 Å². The molecule has 0 aliphatic carbocycles. The van der Waals surface area contributed by atoms with Gasteiger partial charge in [-0.05, 0) is 41.4 Å². The molecule has 0 saturated carbocycles. The predicted molar refractivity (Wildman–Crippen MR) is 110 cm³/mol. The van der Waals surface area contributed by atoms with Crippen LogP contribution in [0.2, 0.25) is 0 Å². The van der Waals surface area contributed by atoms with Crippen LogP contribution >= 0.6 is 0 Å². The van der Waals surface area contributed by atoms with E-state index in [2.05, 4.69) is 41.5 Å². The third-order valence-corrected chi connectivity index (χ3v) is 4.44. The Balaban J connectivity index is 2.88. The van der Waals surface area contributed by atoms with Crippen LogP contribution < -0.4 is 4.18 Å². The molecule has 0 N–H and O–H groups in total. The monoisotopic (exact) mass is 397 g/mol. The molecule has 5 nitrogen and oxygen atoms in total. The number of rotatable bonds is 9. The molecule has 0 bridgehead atoms. The van der Waals surface area contributed by atoms with Crippen molar-refractivity contribution in [2.24, 2.45) is 17.3 Å². The second-order valence-electron chi connectivity index (χ2n) is 9.18. The molecular weight excluding hydrogens is 362 g/mol. The van der Waals surface area contributed by atoms with Gasteiger partial charge < -0.3 is 9.08 Å². The van der Waals surface area contributed by atoms with Gasteiger partial charge in [-0.25, -0.2) is 0 Å². The molecule has 1 atom stereocenters. The zero-order chi connectivity index (χ0) is 20.8. The normalized spacial score (nSPS) is 13.5. The fourth-order valence-electron chi connectivity index (χ4n) is 3.33. The lowest BCUT2D eigenvalue weighted by Gasteiger charge is -2.28. The molecule has 1 rings (SSSR count). The summed E-state index contributed by atoms with van der Waals surface area (Å²) in [6.07, 6.45) is 2.53. The van der Waals surface area contributed by atoms with Gasteiger partial charge in [-0.1, -0.05) is 53.7 Å². The maximum Gasteiger partial charge on any atom is 0.306 e. The largest absolute Gasteiger partial charge is 0.383 e. The van der Waals surface area contributed by atoms with Crippen molar-refractivity contribution in [1.29, 1.82) is 0 Å². The smallest absolute Gasteiger partial charge is 0.306 e. The van der Waals surface area contributed by atoms with Crippen molar-refractivity contribution in [1.82, 2.24) is 4.90 Å². The Kier molecular flexibility index (Phi) is 8.33. The van der Waals surface area contributed by atoms with E-state index in [0.717, 1.165) is 18.2 Å². The van der Waals surface area contributed by atoms with Crippen LogP contribution in [0.4, 0.5) is 0 Å². The summed E-state index contributed by atoms with van der Waals surface area (Å²) >= 11 is 0. The SMILES string of the molecule is CC(C)CN(Cc1cccc(OS(C)(=O)=O)c1)C(=O)C[C@@H](C)CC(C)(C)C. The standard InChI is InChI=1S/C21H35NO4S/c1-16(2)14-22(20(23)11-17(3)13-21(4,5)6)15-18-9-8-10-19(12-18)26-27(7,24)25/h8-10,12,16-17H,11,13-15H2,1-7H3/t17-/m1/s1. The molecule has 1 amide bonds. The third kappa shape index (κ3) is 10.4. The highest BCUT2D eigenvalue weighted by molar-refractivity contribution is 7.86. The molecule has 0 unspecified atom stereocenters. The van der Waals surface area contributed by atoms with Gasteiger partial charge in [-0.3, -0.25) is 4.79 Å². The van der Waals surface area contributed by atoms with Crippen molar-refractivity contribution in [3.05, 3.63) is 29.8 Å². The molecule has 1 aromatic rings. The van der Waals surface area contributed by atoms with Crippen LogP contribution in [-0.2, 0) is 21.5 Å². The van der Waals surface area contributed by atoms with Crippen LogP contribution in [0, 0.1) is 17.3 Å². The van der Waals surface area contributed by atoms with Crippen LogP contribution in [0.5, 0.6) is 5.75 Å².